The van der Waals surface area contributed by atoms with E-state index in [0.29, 0.717) is 11.8 Å². The minimum Gasteiger partial charge on any atom is -0.309 e. The minimum absolute atomic E-state index is 0.468. The number of benzene rings is 9. The van der Waals surface area contributed by atoms with E-state index in [2.05, 4.69) is 217 Å². The first-order valence-corrected chi connectivity index (χ1v) is 21.9. The molecule has 9 aromatic carbocycles. The number of hydrogen-bond donors (Lipinski definition) is 0. The van der Waals surface area contributed by atoms with E-state index in [0.717, 1.165) is 50.8 Å². The summed E-state index contributed by atoms with van der Waals surface area (Å²) in [6.45, 7) is 8.60. The lowest BCUT2D eigenvalue weighted by molar-refractivity contribution is 0.612. The Morgan fingerprint density at radius 3 is 2.06 bits per heavy atom. The summed E-state index contributed by atoms with van der Waals surface area (Å²) in [5, 5.41) is 9.71. The van der Waals surface area contributed by atoms with Crippen molar-refractivity contribution in [3.63, 3.8) is 0 Å². The zero-order valence-corrected chi connectivity index (χ0v) is 35.3. The highest BCUT2D eigenvalue weighted by atomic mass is 15.0. The Morgan fingerprint density at radius 1 is 0.571 bits per heavy atom. The molecule has 63 heavy (non-hydrogen) atoms. The first-order valence-electron chi connectivity index (χ1n) is 21.9. The van der Waals surface area contributed by atoms with Gasteiger partial charge in [-0.05, 0) is 107 Å². The van der Waals surface area contributed by atoms with Crippen LogP contribution < -0.4 is 0 Å². The molecule has 4 nitrogen and oxygen atoms in total. The molecule has 2 aromatic heterocycles. The maximum atomic E-state index is 5.59. The predicted octanol–water partition coefficient (Wildman–Crippen LogP) is 15.1. The third-order valence-corrected chi connectivity index (χ3v) is 13.6. The van der Waals surface area contributed by atoms with E-state index in [1.807, 2.05) is 18.2 Å². The van der Waals surface area contributed by atoms with Crippen LogP contribution in [-0.4, -0.2) is 21.7 Å². The van der Waals surface area contributed by atoms with Gasteiger partial charge in [0, 0.05) is 38.2 Å². The Kier molecular flexibility index (Phi) is 8.45. The molecular formula is C59H44N4. The van der Waals surface area contributed by atoms with Crippen LogP contribution in [-0.2, 0) is 5.54 Å². The van der Waals surface area contributed by atoms with Crippen molar-refractivity contribution in [1.29, 1.82) is 0 Å². The molecule has 12 rings (SSSR count). The maximum Gasteiger partial charge on any atom is 0.155 e. The number of allylic oxidation sites excluding steroid dienone is 1. The fourth-order valence-corrected chi connectivity index (χ4v) is 10.6. The number of rotatable bonds is 6. The van der Waals surface area contributed by atoms with Crippen LogP contribution in [0.5, 0.6) is 0 Å². The monoisotopic (exact) mass is 808 g/mol. The molecule has 0 fully saturated rings. The minimum atomic E-state index is -0.830. The van der Waals surface area contributed by atoms with Crippen molar-refractivity contribution in [2.75, 3.05) is 0 Å². The van der Waals surface area contributed by atoms with Gasteiger partial charge in [0.15, 0.2) is 5.84 Å². The van der Waals surface area contributed by atoms with Gasteiger partial charge in [-0.1, -0.05) is 165 Å². The molecule has 2 atom stereocenters. The summed E-state index contributed by atoms with van der Waals surface area (Å²) in [7, 11) is 0. The molecule has 0 N–H and O–H groups in total. The van der Waals surface area contributed by atoms with Gasteiger partial charge in [0.25, 0.3) is 0 Å². The van der Waals surface area contributed by atoms with Gasteiger partial charge < -0.3 is 9.13 Å². The summed E-state index contributed by atoms with van der Waals surface area (Å²) in [4.78, 5) is 10.1. The van der Waals surface area contributed by atoms with Crippen LogP contribution in [0.25, 0.3) is 82.6 Å². The van der Waals surface area contributed by atoms with Crippen molar-refractivity contribution in [2.45, 2.75) is 31.7 Å². The van der Waals surface area contributed by atoms with E-state index in [-0.39, 0.29) is 0 Å². The highest BCUT2D eigenvalue weighted by Gasteiger charge is 2.33. The van der Waals surface area contributed by atoms with Crippen molar-refractivity contribution in [1.82, 2.24) is 9.13 Å². The number of fused-ring (bicyclic) bond motifs is 11. The van der Waals surface area contributed by atoms with E-state index in [1.165, 1.54) is 60.0 Å². The van der Waals surface area contributed by atoms with E-state index in [9.17, 15) is 0 Å². The van der Waals surface area contributed by atoms with Gasteiger partial charge >= 0.3 is 0 Å². The Labute approximate surface area is 366 Å². The van der Waals surface area contributed by atoms with Gasteiger partial charge in [0.1, 0.15) is 5.54 Å². The molecular weight excluding hydrogens is 765 g/mol. The molecule has 4 heteroatoms. The number of aliphatic imine (C=N–C) groups is 2. The molecule has 300 valence electrons. The smallest absolute Gasteiger partial charge is 0.155 e. The standard InChI is InChI=1S/C59H44N4/c1-38-18-17-28-46-43(38)32-34-53-57(46)49-36-48-45-27-15-16-29-51(45)63(54(48)37-55(49)62(53)42-24-11-6-12-25-42)52-35-33-50(56-44-26-14-13-19-39(44)30-31-47(52)56)59(2,41-22-9-5-10-23-41)61-58(60-3)40-20-7-4-8-21-40/h4-17,19-38H,3,18H2,1-2H3. The first-order chi connectivity index (χ1) is 31.0. The second kappa shape index (κ2) is 14.4. The van der Waals surface area contributed by atoms with Crippen molar-refractivity contribution in [3.05, 3.63) is 222 Å². The second-order valence-electron chi connectivity index (χ2n) is 17.2. The van der Waals surface area contributed by atoms with Crippen LogP contribution >= 0.6 is 0 Å². The average Bonchev–Trinajstić information content (AvgIpc) is 3.85. The molecule has 0 radical (unpaired) electrons. The fourth-order valence-electron chi connectivity index (χ4n) is 10.6. The maximum absolute atomic E-state index is 5.59. The van der Waals surface area contributed by atoms with Gasteiger partial charge in [-0.2, -0.15) is 0 Å². The summed E-state index contributed by atoms with van der Waals surface area (Å²) in [5.41, 5.74) is 12.0. The van der Waals surface area contributed by atoms with Gasteiger partial charge in [-0.15, -0.1) is 0 Å². The average molecular weight is 809 g/mol. The molecule has 2 heterocycles. The van der Waals surface area contributed by atoms with Gasteiger partial charge in [-0.3, -0.25) is 4.99 Å². The summed E-state index contributed by atoms with van der Waals surface area (Å²) >= 11 is 0. The summed E-state index contributed by atoms with van der Waals surface area (Å²) in [6.07, 6.45) is 5.77. The van der Waals surface area contributed by atoms with Crippen LogP contribution in [0.2, 0.25) is 0 Å². The number of aromatic nitrogens is 2. The lowest BCUT2D eigenvalue weighted by atomic mass is 9.80. The molecule has 11 aromatic rings. The van der Waals surface area contributed by atoms with Crippen molar-refractivity contribution < 1.29 is 0 Å². The fraction of sp³-hybridized carbons (Fsp3) is 0.0847. The van der Waals surface area contributed by atoms with E-state index in [4.69, 9.17) is 4.99 Å². The Hall–Kier alpha value is -7.82. The van der Waals surface area contributed by atoms with Crippen LogP contribution in [0.1, 0.15) is 54.0 Å². The van der Waals surface area contributed by atoms with Crippen molar-refractivity contribution in [3.8, 4) is 11.4 Å². The molecule has 2 unspecified atom stereocenters. The lowest BCUT2D eigenvalue weighted by Gasteiger charge is -2.30. The molecule has 1 aliphatic carbocycles. The number of para-hydroxylation sites is 2. The Bertz CT molecular complexity index is 3680. The van der Waals surface area contributed by atoms with Crippen LogP contribution in [0, 0.1) is 0 Å². The van der Waals surface area contributed by atoms with Crippen molar-refractivity contribution in [2.24, 2.45) is 9.98 Å². The van der Waals surface area contributed by atoms with Crippen molar-refractivity contribution >= 4 is 83.8 Å². The molecule has 0 spiro atoms. The first kappa shape index (κ1) is 37.0. The quantitative estimate of drug-likeness (QED) is 0.0911. The number of hydrogen-bond acceptors (Lipinski definition) is 1. The molecule has 0 saturated heterocycles. The van der Waals surface area contributed by atoms with Crippen LogP contribution in [0.3, 0.4) is 0 Å². The lowest BCUT2D eigenvalue weighted by Crippen LogP contribution is -2.24. The largest absolute Gasteiger partial charge is 0.309 e. The highest BCUT2D eigenvalue weighted by molar-refractivity contribution is 6.22. The summed E-state index contributed by atoms with van der Waals surface area (Å²) in [6, 6.07) is 68.1. The normalized spacial score (nSPS) is 15.1. The molecule has 0 bridgehead atoms. The molecule has 1 aliphatic rings. The SMILES string of the molecule is C=NC(=NC(C)(c1ccccc1)c1ccc(-n2c3ccccc3c3cc4c5c6c(ccc5n(-c5ccccc5)c4cc32)C(C)CC=C6)c2ccc3ccccc3c12)c1ccccc1. The third kappa shape index (κ3) is 5.61. The second-order valence-corrected chi connectivity index (χ2v) is 17.2. The zero-order valence-electron chi connectivity index (χ0n) is 35.3. The summed E-state index contributed by atoms with van der Waals surface area (Å²) in [5.74, 6) is 1.07. The van der Waals surface area contributed by atoms with E-state index < -0.39 is 5.54 Å². The van der Waals surface area contributed by atoms with Gasteiger partial charge in [-0.25, -0.2) is 4.99 Å². The third-order valence-electron chi connectivity index (χ3n) is 13.6. The van der Waals surface area contributed by atoms with Crippen LogP contribution in [0.4, 0.5) is 0 Å². The Balaban J connectivity index is 1.20. The molecule has 0 aliphatic heterocycles. The number of amidine groups is 1. The van der Waals surface area contributed by atoms with Crippen LogP contribution in [0.15, 0.2) is 204 Å². The predicted molar refractivity (Wildman–Crippen MR) is 268 cm³/mol. The molecule has 0 saturated carbocycles. The van der Waals surface area contributed by atoms with Gasteiger partial charge in [0.05, 0.1) is 27.8 Å². The van der Waals surface area contributed by atoms with E-state index >= 15 is 0 Å². The highest BCUT2D eigenvalue weighted by Crippen LogP contribution is 2.47. The summed E-state index contributed by atoms with van der Waals surface area (Å²) < 4.78 is 4.97. The zero-order chi connectivity index (χ0) is 42.2. The topological polar surface area (TPSA) is 34.6 Å². The van der Waals surface area contributed by atoms with Gasteiger partial charge in [0.2, 0.25) is 0 Å². The number of nitrogens with zero attached hydrogens (tertiary/aromatic N) is 4. The van der Waals surface area contributed by atoms with E-state index in [1.54, 1.807) is 0 Å². The molecule has 0 amide bonds. The Morgan fingerprint density at radius 2 is 1.27 bits per heavy atom.